The number of rotatable bonds is 6. The highest BCUT2D eigenvalue weighted by atomic mass is 127. The number of hydrogen-bond donors (Lipinski definition) is 0. The average molecular weight is 539 g/mol. The lowest BCUT2D eigenvalue weighted by Crippen LogP contribution is -2.60. The standard InChI is InChI=1S/C10H6F6INO6S2/c11-8(12,10(15,16)26(22,23)24)9(13,14)25(20,21)18-7(19)5-3-1-2-4-6(5)17/h1-4H,(H,18,19)(H,22,23,24)/p-2. The van der Waals surface area contributed by atoms with E-state index in [2.05, 4.69) is 0 Å². The van der Waals surface area contributed by atoms with E-state index in [0.29, 0.717) is 0 Å². The summed E-state index contributed by atoms with van der Waals surface area (Å²) in [6.07, 6.45) is 0. The number of benzene rings is 1. The minimum absolute atomic E-state index is 0.0448. The van der Waals surface area contributed by atoms with E-state index >= 15 is 0 Å². The molecular formula is C10H4F6INO6S2-2. The van der Waals surface area contributed by atoms with Gasteiger partial charge in [0.15, 0.2) is 10.1 Å². The highest BCUT2D eigenvalue weighted by Crippen LogP contribution is 2.50. The molecule has 0 atom stereocenters. The molecule has 0 heterocycles. The van der Waals surface area contributed by atoms with Crippen LogP contribution in [0.15, 0.2) is 28.7 Å². The molecule has 1 aromatic rings. The molecule has 16 heteroatoms. The minimum Gasteiger partial charge on any atom is -0.858 e. The lowest BCUT2D eigenvalue weighted by atomic mass is 10.2. The summed E-state index contributed by atoms with van der Waals surface area (Å²) in [5.41, 5.74) is -0.640. The normalized spacial score (nSPS) is 15.2. The Hall–Kier alpha value is -1.14. The first-order valence-electron chi connectivity index (χ1n) is 5.75. The number of hydrogen-bond acceptors (Lipinski definition) is 6. The van der Waals surface area contributed by atoms with Gasteiger partial charge in [-0.05, 0) is 34.2 Å². The molecule has 7 nitrogen and oxygen atoms in total. The van der Waals surface area contributed by atoms with Gasteiger partial charge in [-0.25, -0.2) is 8.42 Å². The molecule has 0 aliphatic heterocycles. The lowest BCUT2D eigenvalue weighted by Gasteiger charge is -2.32. The van der Waals surface area contributed by atoms with Gasteiger partial charge in [-0.2, -0.15) is 39.2 Å². The van der Waals surface area contributed by atoms with Crippen molar-refractivity contribution in [1.29, 1.82) is 0 Å². The van der Waals surface area contributed by atoms with Gasteiger partial charge >= 0.3 is 26.5 Å². The molecule has 0 amide bonds. The maximum atomic E-state index is 13.5. The molecule has 0 bridgehead atoms. The molecule has 0 N–H and O–H groups in total. The molecule has 0 saturated carbocycles. The van der Waals surface area contributed by atoms with Gasteiger partial charge in [0.2, 0.25) is 0 Å². The lowest BCUT2D eigenvalue weighted by molar-refractivity contribution is -0.246. The summed E-state index contributed by atoms with van der Waals surface area (Å²) in [6.45, 7) is 0. The fourth-order valence-electron chi connectivity index (χ4n) is 1.34. The van der Waals surface area contributed by atoms with Crippen molar-refractivity contribution >= 4 is 48.6 Å². The SMILES string of the molecule is O=S(=O)([O-])C(F)(F)C(F)(F)C(F)(F)S(=O)(=O)N=C([O-])c1ccccc1I. The van der Waals surface area contributed by atoms with E-state index in [1.54, 1.807) is 0 Å². The Balaban J connectivity index is 3.56. The van der Waals surface area contributed by atoms with E-state index in [1.807, 2.05) is 4.40 Å². The molecule has 148 valence electrons. The van der Waals surface area contributed by atoms with Gasteiger partial charge in [0.25, 0.3) is 0 Å². The zero-order chi connectivity index (χ0) is 20.8. The third-order valence-corrected chi connectivity index (χ3v) is 5.81. The van der Waals surface area contributed by atoms with Crippen LogP contribution < -0.4 is 5.11 Å². The maximum absolute atomic E-state index is 13.5. The van der Waals surface area contributed by atoms with Crippen molar-refractivity contribution in [1.82, 2.24) is 0 Å². The largest absolute Gasteiger partial charge is 0.858 e. The molecule has 0 fully saturated rings. The Kier molecular flexibility index (Phi) is 5.98. The van der Waals surface area contributed by atoms with E-state index in [1.165, 1.54) is 34.7 Å². The summed E-state index contributed by atoms with van der Waals surface area (Å²) in [5.74, 6) is -9.22. The summed E-state index contributed by atoms with van der Waals surface area (Å²) in [6, 6.07) is 4.51. The fraction of sp³-hybridized carbons (Fsp3) is 0.300. The van der Waals surface area contributed by atoms with Gasteiger partial charge in [0, 0.05) is 9.47 Å². The zero-order valence-electron chi connectivity index (χ0n) is 11.7. The van der Waals surface area contributed by atoms with Crippen LogP contribution >= 0.6 is 22.6 Å². The molecule has 0 aliphatic rings. The molecule has 1 aromatic carbocycles. The van der Waals surface area contributed by atoms with E-state index in [-0.39, 0.29) is 3.57 Å². The second-order valence-corrected chi connectivity index (χ2v) is 8.64. The molecule has 0 saturated heterocycles. The predicted molar refractivity (Wildman–Crippen MR) is 79.2 cm³/mol. The van der Waals surface area contributed by atoms with Crippen molar-refractivity contribution in [2.24, 2.45) is 4.40 Å². The van der Waals surface area contributed by atoms with Crippen molar-refractivity contribution in [3.8, 4) is 0 Å². The summed E-state index contributed by atoms with van der Waals surface area (Å²) in [7, 11) is -14.4. The van der Waals surface area contributed by atoms with Crippen molar-refractivity contribution in [3.05, 3.63) is 33.4 Å². The van der Waals surface area contributed by atoms with E-state index in [4.69, 9.17) is 0 Å². The molecule has 1 rings (SSSR count). The molecular weight excluding hydrogens is 535 g/mol. The third-order valence-electron chi connectivity index (χ3n) is 2.68. The first-order chi connectivity index (χ1) is 11.4. The second kappa shape index (κ2) is 6.79. The Bertz CT molecular complexity index is 947. The van der Waals surface area contributed by atoms with Crippen LogP contribution in [0.2, 0.25) is 0 Å². The van der Waals surface area contributed by atoms with Crippen molar-refractivity contribution in [3.63, 3.8) is 0 Å². The summed E-state index contributed by atoms with van der Waals surface area (Å²) >= 11 is 1.44. The molecule has 0 radical (unpaired) electrons. The van der Waals surface area contributed by atoms with Gasteiger partial charge in [0.05, 0.1) is 0 Å². The summed E-state index contributed by atoms with van der Waals surface area (Å²) in [4.78, 5) is 0. The Labute approximate surface area is 155 Å². The first-order valence-corrected chi connectivity index (χ1v) is 9.68. The first kappa shape index (κ1) is 22.9. The van der Waals surface area contributed by atoms with Gasteiger partial charge in [0.1, 0.15) is 0 Å². The highest BCUT2D eigenvalue weighted by molar-refractivity contribution is 14.1. The van der Waals surface area contributed by atoms with E-state index in [0.717, 1.165) is 12.1 Å². The molecule has 0 aromatic heterocycles. The fourth-order valence-corrected chi connectivity index (χ4v) is 3.35. The smallest absolute Gasteiger partial charge is 0.434 e. The Morgan fingerprint density at radius 2 is 1.42 bits per heavy atom. The van der Waals surface area contributed by atoms with Crippen LogP contribution in [0.5, 0.6) is 0 Å². The van der Waals surface area contributed by atoms with Crippen LogP contribution in [0.1, 0.15) is 5.56 Å². The van der Waals surface area contributed by atoms with Crippen LogP contribution in [-0.2, 0) is 20.1 Å². The van der Waals surface area contributed by atoms with Gasteiger partial charge in [-0.15, -0.1) is 0 Å². The quantitative estimate of drug-likeness (QED) is 0.175. The zero-order valence-corrected chi connectivity index (χ0v) is 15.5. The van der Waals surface area contributed by atoms with Crippen molar-refractivity contribution in [2.75, 3.05) is 0 Å². The predicted octanol–water partition coefficient (Wildman–Crippen LogP) is 1.09. The van der Waals surface area contributed by atoms with E-state index in [9.17, 15) is 52.8 Å². The van der Waals surface area contributed by atoms with Crippen LogP contribution in [-0.4, -0.2) is 43.7 Å². The highest BCUT2D eigenvalue weighted by Gasteiger charge is 2.80. The average Bonchev–Trinajstić information content (AvgIpc) is 2.45. The van der Waals surface area contributed by atoms with Gasteiger partial charge in [-0.1, -0.05) is 18.2 Å². The van der Waals surface area contributed by atoms with Crippen LogP contribution in [0, 0.1) is 3.57 Å². The summed E-state index contributed by atoms with van der Waals surface area (Å²) < 4.78 is 134. The maximum Gasteiger partial charge on any atom is 0.434 e. The number of alkyl halides is 6. The van der Waals surface area contributed by atoms with E-state index < -0.39 is 48.0 Å². The van der Waals surface area contributed by atoms with Crippen LogP contribution in [0.3, 0.4) is 0 Å². The molecule has 0 aliphatic carbocycles. The number of sulfonamides is 1. The van der Waals surface area contributed by atoms with Crippen molar-refractivity contribution < 1.29 is 52.8 Å². The Morgan fingerprint density at radius 3 is 1.85 bits per heavy atom. The molecule has 0 unspecified atom stereocenters. The van der Waals surface area contributed by atoms with Crippen molar-refractivity contribution in [2.45, 2.75) is 16.4 Å². The topological polar surface area (TPSA) is 127 Å². The van der Waals surface area contributed by atoms with Gasteiger partial charge in [-0.3, -0.25) is 0 Å². The van der Waals surface area contributed by atoms with Crippen LogP contribution in [0.25, 0.3) is 0 Å². The number of nitrogens with zero attached hydrogens (tertiary/aromatic N) is 1. The Morgan fingerprint density at radius 1 is 0.962 bits per heavy atom. The third kappa shape index (κ3) is 3.63. The van der Waals surface area contributed by atoms with Crippen LogP contribution in [0.4, 0.5) is 26.3 Å². The number of halogens is 7. The molecule has 0 spiro atoms. The second-order valence-electron chi connectivity index (χ2n) is 4.41. The van der Waals surface area contributed by atoms with Gasteiger partial charge < -0.3 is 9.66 Å². The summed E-state index contributed by atoms with van der Waals surface area (Å²) in [5, 5.41) is -2.29. The molecule has 26 heavy (non-hydrogen) atoms. The minimum atomic E-state index is -7.40. The monoisotopic (exact) mass is 539 g/mol.